The molecule has 0 aliphatic carbocycles. The molecule has 8 heteroatoms. The fourth-order valence-electron chi connectivity index (χ4n) is 2.85. The number of rotatable bonds is 6. The number of carbonyl (C=O) groups is 2. The Morgan fingerprint density at radius 1 is 1.15 bits per heavy atom. The molecule has 0 aromatic heterocycles. The second-order valence-electron chi connectivity index (χ2n) is 6.11. The zero-order valence-corrected chi connectivity index (χ0v) is 14.8. The summed E-state index contributed by atoms with van der Waals surface area (Å²) in [5.41, 5.74) is 4.27. The quantitative estimate of drug-likeness (QED) is 0.449. The topological polar surface area (TPSA) is 109 Å². The molecule has 142 valence electrons. The van der Waals surface area contributed by atoms with Crippen molar-refractivity contribution in [3.05, 3.63) is 53.6 Å². The number of amides is 2. The van der Waals surface area contributed by atoms with E-state index in [-0.39, 0.29) is 18.6 Å². The summed E-state index contributed by atoms with van der Waals surface area (Å²) in [5.74, 6) is 0.527. The lowest BCUT2D eigenvalue weighted by molar-refractivity contribution is -0.131. The first kappa shape index (κ1) is 18.7. The monoisotopic (exact) mass is 371 g/mol. The molecule has 0 fully saturated rings. The number of anilines is 1. The molecule has 0 saturated carbocycles. The predicted molar refractivity (Wildman–Crippen MR) is 97.8 cm³/mol. The van der Waals surface area contributed by atoms with Gasteiger partial charge in [-0.3, -0.25) is 14.8 Å². The van der Waals surface area contributed by atoms with Gasteiger partial charge in [-0.15, -0.1) is 0 Å². The van der Waals surface area contributed by atoms with Crippen LogP contribution in [0.5, 0.6) is 11.5 Å². The number of hydroxylamine groups is 1. The zero-order chi connectivity index (χ0) is 19.2. The minimum atomic E-state index is -0.624. The van der Waals surface area contributed by atoms with Crippen molar-refractivity contribution in [1.29, 1.82) is 0 Å². The fourth-order valence-corrected chi connectivity index (χ4v) is 2.85. The normalized spacial score (nSPS) is 15.4. The molecule has 3 rings (SSSR count). The number of nitrogens with one attached hydrogen (secondary N) is 3. The van der Waals surface area contributed by atoms with E-state index in [1.54, 1.807) is 37.4 Å². The van der Waals surface area contributed by atoms with E-state index in [0.29, 0.717) is 24.4 Å². The van der Waals surface area contributed by atoms with Gasteiger partial charge in [0.2, 0.25) is 5.91 Å². The Labute approximate surface area is 156 Å². The highest BCUT2D eigenvalue weighted by Gasteiger charge is 2.24. The minimum absolute atomic E-state index is 0.106. The van der Waals surface area contributed by atoms with Crippen LogP contribution in [-0.4, -0.2) is 36.8 Å². The molecule has 2 aromatic carbocycles. The van der Waals surface area contributed by atoms with Crippen LogP contribution in [0.25, 0.3) is 0 Å². The number of methoxy groups -OCH3 is 1. The van der Waals surface area contributed by atoms with Crippen LogP contribution in [0.15, 0.2) is 42.5 Å². The molecule has 4 N–H and O–H groups in total. The maximum atomic E-state index is 12.5. The lowest BCUT2D eigenvalue weighted by Crippen LogP contribution is -2.44. The van der Waals surface area contributed by atoms with E-state index in [1.165, 1.54) is 5.48 Å². The van der Waals surface area contributed by atoms with Gasteiger partial charge in [-0.05, 0) is 53.9 Å². The third kappa shape index (κ3) is 4.75. The Balaban J connectivity index is 1.60. The Hall–Kier alpha value is -3.10. The summed E-state index contributed by atoms with van der Waals surface area (Å²) in [6.07, 6.45) is 0.550. The van der Waals surface area contributed by atoms with Crippen molar-refractivity contribution in [2.24, 2.45) is 0 Å². The summed E-state index contributed by atoms with van der Waals surface area (Å²) in [4.78, 5) is 23.5. The van der Waals surface area contributed by atoms with Crippen molar-refractivity contribution < 1.29 is 24.3 Å². The first-order valence-corrected chi connectivity index (χ1v) is 8.45. The van der Waals surface area contributed by atoms with E-state index in [1.807, 2.05) is 12.1 Å². The predicted octanol–water partition coefficient (Wildman–Crippen LogP) is 1.23. The third-order valence-corrected chi connectivity index (χ3v) is 4.31. The maximum absolute atomic E-state index is 12.5. The van der Waals surface area contributed by atoms with Crippen molar-refractivity contribution in [2.45, 2.75) is 19.0 Å². The number of hydrogen-bond donors (Lipinski definition) is 4. The molecule has 2 amide bonds. The SMILES string of the molecule is COc1ccc(NC(=O)[C@@H]2Cc3ccc(OCC(=O)NO)cc3CN2)cc1. The van der Waals surface area contributed by atoms with Crippen LogP contribution in [-0.2, 0) is 22.6 Å². The van der Waals surface area contributed by atoms with Gasteiger partial charge in [0.05, 0.1) is 13.2 Å². The van der Waals surface area contributed by atoms with Crippen LogP contribution in [0.4, 0.5) is 5.69 Å². The van der Waals surface area contributed by atoms with Gasteiger partial charge in [-0.25, -0.2) is 5.48 Å². The lowest BCUT2D eigenvalue weighted by Gasteiger charge is -2.26. The lowest BCUT2D eigenvalue weighted by atomic mass is 9.95. The molecule has 0 radical (unpaired) electrons. The Morgan fingerprint density at radius 3 is 2.59 bits per heavy atom. The molecule has 1 aliphatic heterocycles. The van der Waals surface area contributed by atoms with Gasteiger partial charge in [0.1, 0.15) is 11.5 Å². The minimum Gasteiger partial charge on any atom is -0.497 e. The van der Waals surface area contributed by atoms with Crippen LogP contribution in [0, 0.1) is 0 Å². The molecule has 1 heterocycles. The Bertz CT molecular complexity index is 823. The van der Waals surface area contributed by atoms with E-state index in [9.17, 15) is 9.59 Å². The van der Waals surface area contributed by atoms with Crippen molar-refractivity contribution in [3.8, 4) is 11.5 Å². The molecule has 27 heavy (non-hydrogen) atoms. The molecule has 8 nitrogen and oxygen atoms in total. The second kappa shape index (κ2) is 8.52. The number of ether oxygens (including phenoxy) is 2. The summed E-state index contributed by atoms with van der Waals surface area (Å²) in [6.45, 7) is 0.245. The molecular formula is C19H21N3O5. The number of fused-ring (bicyclic) bond motifs is 1. The van der Waals surface area contributed by atoms with E-state index < -0.39 is 5.91 Å². The van der Waals surface area contributed by atoms with E-state index >= 15 is 0 Å². The average molecular weight is 371 g/mol. The molecule has 0 bridgehead atoms. The molecule has 1 aliphatic rings. The molecule has 0 unspecified atom stereocenters. The van der Waals surface area contributed by atoms with E-state index in [4.69, 9.17) is 14.7 Å². The summed E-state index contributed by atoms with van der Waals surface area (Å²) in [6, 6.07) is 12.3. The highest BCUT2D eigenvalue weighted by atomic mass is 16.5. The van der Waals surface area contributed by atoms with E-state index in [2.05, 4.69) is 10.6 Å². The summed E-state index contributed by atoms with van der Waals surface area (Å²) >= 11 is 0. The van der Waals surface area contributed by atoms with Gasteiger partial charge in [-0.1, -0.05) is 6.07 Å². The second-order valence-corrected chi connectivity index (χ2v) is 6.11. The average Bonchev–Trinajstić information content (AvgIpc) is 2.71. The van der Waals surface area contributed by atoms with Crippen LogP contribution in [0.3, 0.4) is 0 Å². The first-order chi connectivity index (χ1) is 13.1. The van der Waals surface area contributed by atoms with Gasteiger partial charge >= 0.3 is 0 Å². The highest BCUT2D eigenvalue weighted by Crippen LogP contribution is 2.23. The standard InChI is InChI=1S/C19H21N3O5/c1-26-15-6-3-14(4-7-15)21-19(24)17-9-12-2-5-16(8-13(12)10-20-17)27-11-18(23)22-25/h2-8,17,20,25H,9-11H2,1H3,(H,21,24)(H,22,23)/t17-/m0/s1. The molecule has 0 spiro atoms. The molecule has 0 saturated heterocycles. The van der Waals surface area contributed by atoms with E-state index in [0.717, 1.165) is 16.9 Å². The number of carbonyl (C=O) groups excluding carboxylic acids is 2. The van der Waals surface area contributed by atoms with Crippen molar-refractivity contribution in [3.63, 3.8) is 0 Å². The smallest absolute Gasteiger partial charge is 0.281 e. The summed E-state index contributed by atoms with van der Waals surface area (Å²) in [5, 5.41) is 14.6. The largest absolute Gasteiger partial charge is 0.497 e. The summed E-state index contributed by atoms with van der Waals surface area (Å²) < 4.78 is 10.4. The van der Waals surface area contributed by atoms with Crippen molar-refractivity contribution in [1.82, 2.24) is 10.8 Å². The Morgan fingerprint density at radius 2 is 1.89 bits per heavy atom. The van der Waals surface area contributed by atoms with Crippen LogP contribution in [0.1, 0.15) is 11.1 Å². The fraction of sp³-hybridized carbons (Fsp3) is 0.263. The Kier molecular flexibility index (Phi) is 5.90. The number of hydrogen-bond acceptors (Lipinski definition) is 6. The van der Waals surface area contributed by atoms with Gasteiger partial charge < -0.3 is 20.1 Å². The van der Waals surface area contributed by atoms with Gasteiger partial charge in [0.25, 0.3) is 5.91 Å². The van der Waals surface area contributed by atoms with Crippen LogP contribution < -0.4 is 25.6 Å². The number of benzene rings is 2. The molecular weight excluding hydrogens is 350 g/mol. The van der Waals surface area contributed by atoms with Gasteiger partial charge in [-0.2, -0.15) is 0 Å². The van der Waals surface area contributed by atoms with Crippen molar-refractivity contribution >= 4 is 17.5 Å². The highest BCUT2D eigenvalue weighted by molar-refractivity contribution is 5.95. The zero-order valence-electron chi connectivity index (χ0n) is 14.8. The molecule has 1 atom stereocenters. The van der Waals surface area contributed by atoms with Crippen molar-refractivity contribution in [2.75, 3.05) is 19.0 Å². The van der Waals surface area contributed by atoms with Crippen LogP contribution in [0.2, 0.25) is 0 Å². The maximum Gasteiger partial charge on any atom is 0.281 e. The van der Waals surface area contributed by atoms with Gasteiger partial charge in [0.15, 0.2) is 6.61 Å². The third-order valence-electron chi connectivity index (χ3n) is 4.31. The van der Waals surface area contributed by atoms with Gasteiger partial charge in [0, 0.05) is 12.2 Å². The van der Waals surface area contributed by atoms with Crippen LogP contribution >= 0.6 is 0 Å². The first-order valence-electron chi connectivity index (χ1n) is 8.45. The summed E-state index contributed by atoms with van der Waals surface area (Å²) in [7, 11) is 1.59. The molecule has 2 aromatic rings.